The van der Waals surface area contributed by atoms with E-state index in [4.69, 9.17) is 23.2 Å². The first-order valence-electron chi connectivity index (χ1n) is 13.1. The number of nitrogens with zero attached hydrogens (tertiary/aromatic N) is 1. The zero-order chi connectivity index (χ0) is 27.4. The number of nitrogens with one attached hydrogen (secondary N) is 2. The molecule has 9 heteroatoms. The van der Waals surface area contributed by atoms with E-state index in [1.165, 1.54) is 6.07 Å². The number of aliphatic hydroxyl groups is 1. The Bertz CT molecular complexity index is 1260. The van der Waals surface area contributed by atoms with E-state index in [1.807, 2.05) is 6.07 Å². The van der Waals surface area contributed by atoms with Crippen molar-refractivity contribution in [2.45, 2.75) is 57.0 Å². The second kappa shape index (κ2) is 10.2. The van der Waals surface area contributed by atoms with Crippen LogP contribution in [0.3, 0.4) is 0 Å². The van der Waals surface area contributed by atoms with Gasteiger partial charge in [-0.1, -0.05) is 62.2 Å². The summed E-state index contributed by atoms with van der Waals surface area (Å²) in [5.74, 6) is -1.58. The Morgan fingerprint density at radius 2 is 1.95 bits per heavy atom. The lowest BCUT2D eigenvalue weighted by Gasteiger charge is -2.39. The molecule has 0 saturated carbocycles. The topological polar surface area (TPSA) is 81.7 Å². The summed E-state index contributed by atoms with van der Waals surface area (Å²) >= 11 is 12.5. The molecule has 0 aromatic heterocycles. The van der Waals surface area contributed by atoms with Crippen LogP contribution in [0.15, 0.2) is 36.4 Å². The van der Waals surface area contributed by atoms with Crippen molar-refractivity contribution in [3.63, 3.8) is 0 Å². The average molecular weight is 563 g/mol. The fourth-order valence-electron chi connectivity index (χ4n) is 6.75. The fourth-order valence-corrected chi connectivity index (χ4v) is 7.10. The Morgan fingerprint density at radius 1 is 1.21 bits per heavy atom. The summed E-state index contributed by atoms with van der Waals surface area (Å²) in [6.07, 6.45) is 0.893. The van der Waals surface area contributed by atoms with Gasteiger partial charge in [0.15, 0.2) is 5.78 Å². The van der Waals surface area contributed by atoms with Gasteiger partial charge in [0.1, 0.15) is 11.2 Å². The van der Waals surface area contributed by atoms with Crippen molar-refractivity contribution < 1.29 is 19.1 Å². The molecule has 1 spiro atoms. The SMILES string of the molecule is CC(C)(C)C[C@H]1N[C@@H](C(=O)CC2CN(CCO)C2)[C@H](c2cccc(Cl)c2F)[C@@]12C(=O)Nc1cc(Cl)ccc12. The molecule has 0 bridgehead atoms. The molecule has 5 rings (SSSR count). The number of amides is 1. The minimum Gasteiger partial charge on any atom is -0.395 e. The fraction of sp³-hybridized carbons (Fsp3) is 0.517. The molecule has 0 unspecified atom stereocenters. The molecule has 3 aliphatic rings. The van der Waals surface area contributed by atoms with Crippen LogP contribution in [-0.4, -0.2) is 60.0 Å². The highest BCUT2D eigenvalue weighted by Gasteiger charge is 2.66. The van der Waals surface area contributed by atoms with E-state index in [1.54, 1.807) is 24.3 Å². The van der Waals surface area contributed by atoms with Crippen molar-refractivity contribution >= 4 is 40.6 Å². The first kappa shape index (κ1) is 27.5. The standard InChI is InChI=1S/C29H34Cl2FN3O3/c1-28(2,3)13-23-29(19-8-7-17(30)12-21(19)33-27(29)38)24(18-5-4-6-20(31)25(18)32)26(34-23)22(37)11-16-14-35(15-16)9-10-36/h4-8,12,16,23-24,26,34,36H,9-11,13-15H2,1-3H3,(H,33,38)/t23-,24+,26+,29+/m1/s1. The Labute approximate surface area is 232 Å². The van der Waals surface area contributed by atoms with Crippen molar-refractivity contribution in [1.82, 2.24) is 10.2 Å². The van der Waals surface area contributed by atoms with Crippen molar-refractivity contribution in [1.29, 1.82) is 0 Å². The van der Waals surface area contributed by atoms with Gasteiger partial charge in [-0.3, -0.25) is 9.59 Å². The van der Waals surface area contributed by atoms with Crippen LogP contribution in [0.1, 0.15) is 50.7 Å². The summed E-state index contributed by atoms with van der Waals surface area (Å²) in [6, 6.07) is 8.84. The van der Waals surface area contributed by atoms with Crippen LogP contribution >= 0.6 is 23.2 Å². The summed E-state index contributed by atoms with van der Waals surface area (Å²) in [5.41, 5.74) is 0.136. The first-order chi connectivity index (χ1) is 18.0. The number of fused-ring (bicyclic) bond motifs is 2. The van der Waals surface area contributed by atoms with Crippen LogP contribution in [0, 0.1) is 17.2 Å². The molecule has 3 aliphatic heterocycles. The van der Waals surface area contributed by atoms with Gasteiger partial charge < -0.3 is 20.6 Å². The Balaban J connectivity index is 1.64. The van der Waals surface area contributed by atoms with Crippen molar-refractivity contribution in [2.75, 3.05) is 31.6 Å². The van der Waals surface area contributed by atoms with E-state index >= 15 is 4.39 Å². The lowest BCUT2D eigenvalue weighted by atomic mass is 9.62. The number of Topliss-reactive ketones (excluding diaryl/α,β-unsaturated/α-hetero) is 1. The van der Waals surface area contributed by atoms with Gasteiger partial charge in [-0.2, -0.15) is 0 Å². The summed E-state index contributed by atoms with van der Waals surface area (Å²) < 4.78 is 15.8. The van der Waals surface area contributed by atoms with Gasteiger partial charge in [0.25, 0.3) is 0 Å². The molecule has 0 radical (unpaired) electrons. The largest absolute Gasteiger partial charge is 0.395 e. The first-order valence-corrected chi connectivity index (χ1v) is 13.9. The molecular formula is C29H34Cl2FN3O3. The lowest BCUT2D eigenvalue weighted by molar-refractivity contribution is -0.124. The number of aliphatic hydroxyl groups excluding tert-OH is 1. The number of likely N-dealkylation sites (tertiary alicyclic amines) is 1. The Kier molecular flexibility index (Phi) is 7.37. The molecule has 38 heavy (non-hydrogen) atoms. The number of hydrogen-bond donors (Lipinski definition) is 3. The van der Waals surface area contributed by atoms with E-state index in [0.29, 0.717) is 35.7 Å². The van der Waals surface area contributed by atoms with Gasteiger partial charge >= 0.3 is 0 Å². The summed E-state index contributed by atoms with van der Waals surface area (Å²) in [6.45, 7) is 8.39. The maximum absolute atomic E-state index is 15.8. The Morgan fingerprint density at radius 3 is 2.63 bits per heavy atom. The normalized spacial score (nSPS) is 27.4. The molecule has 204 valence electrons. The minimum atomic E-state index is -1.23. The molecular weight excluding hydrogens is 528 g/mol. The third kappa shape index (κ3) is 4.66. The molecule has 2 fully saturated rings. The van der Waals surface area contributed by atoms with E-state index in [2.05, 4.69) is 36.3 Å². The van der Waals surface area contributed by atoms with Gasteiger partial charge in [-0.05, 0) is 47.1 Å². The van der Waals surface area contributed by atoms with Gasteiger partial charge in [-0.25, -0.2) is 4.39 Å². The number of carbonyl (C=O) groups excluding carboxylic acids is 2. The number of β-amino-alcohol motifs (C(OH)–C–C–N with tert-alkyl or cyclic N) is 1. The molecule has 0 aliphatic carbocycles. The number of benzene rings is 2. The van der Waals surface area contributed by atoms with Crippen LogP contribution in [0.25, 0.3) is 0 Å². The zero-order valence-electron chi connectivity index (χ0n) is 21.9. The zero-order valence-corrected chi connectivity index (χ0v) is 23.4. The molecule has 2 saturated heterocycles. The lowest BCUT2D eigenvalue weighted by Crippen LogP contribution is -2.50. The molecule has 6 nitrogen and oxygen atoms in total. The third-order valence-corrected chi connectivity index (χ3v) is 8.75. The Hall–Kier alpha value is -2.03. The van der Waals surface area contributed by atoms with E-state index in [0.717, 1.165) is 13.1 Å². The summed E-state index contributed by atoms with van der Waals surface area (Å²) in [4.78, 5) is 30.2. The number of ketones is 1. The van der Waals surface area contributed by atoms with Crippen LogP contribution < -0.4 is 10.6 Å². The van der Waals surface area contributed by atoms with Crippen LogP contribution in [0.5, 0.6) is 0 Å². The number of carbonyl (C=O) groups is 2. The second-order valence-electron chi connectivity index (χ2n) is 12.1. The van der Waals surface area contributed by atoms with Crippen LogP contribution in [0.4, 0.5) is 10.1 Å². The van der Waals surface area contributed by atoms with Crippen LogP contribution in [-0.2, 0) is 15.0 Å². The number of halogens is 3. The van der Waals surface area contributed by atoms with E-state index in [-0.39, 0.29) is 40.2 Å². The molecule has 3 N–H and O–H groups in total. The molecule has 2 aromatic carbocycles. The van der Waals surface area contributed by atoms with Gasteiger partial charge in [-0.15, -0.1) is 0 Å². The monoisotopic (exact) mass is 561 g/mol. The van der Waals surface area contributed by atoms with E-state index in [9.17, 15) is 14.7 Å². The molecule has 1 amide bonds. The number of anilines is 1. The van der Waals surface area contributed by atoms with E-state index < -0.39 is 29.2 Å². The van der Waals surface area contributed by atoms with Gasteiger partial charge in [0.05, 0.1) is 17.7 Å². The third-order valence-electron chi connectivity index (χ3n) is 8.22. The molecule has 3 heterocycles. The molecule has 4 atom stereocenters. The number of rotatable bonds is 7. The predicted octanol–water partition coefficient (Wildman–Crippen LogP) is 4.77. The van der Waals surface area contributed by atoms with Gasteiger partial charge in [0.2, 0.25) is 5.91 Å². The number of hydrogen-bond acceptors (Lipinski definition) is 5. The average Bonchev–Trinajstić information content (AvgIpc) is 3.28. The quantitative estimate of drug-likeness (QED) is 0.453. The highest BCUT2D eigenvalue weighted by Crippen LogP contribution is 2.57. The second-order valence-corrected chi connectivity index (χ2v) is 13.0. The van der Waals surface area contributed by atoms with Crippen LogP contribution in [0.2, 0.25) is 10.0 Å². The summed E-state index contributed by atoms with van der Waals surface area (Å²) in [5, 5.41) is 16.2. The minimum absolute atomic E-state index is 0.0449. The predicted molar refractivity (Wildman–Crippen MR) is 147 cm³/mol. The van der Waals surface area contributed by atoms with Crippen molar-refractivity contribution in [3.05, 3.63) is 63.4 Å². The van der Waals surface area contributed by atoms with Crippen molar-refractivity contribution in [2.24, 2.45) is 11.3 Å². The smallest absolute Gasteiger partial charge is 0.237 e. The highest BCUT2D eigenvalue weighted by molar-refractivity contribution is 6.31. The van der Waals surface area contributed by atoms with Gasteiger partial charge in [0, 0.05) is 48.7 Å². The highest BCUT2D eigenvalue weighted by atomic mass is 35.5. The maximum Gasteiger partial charge on any atom is 0.237 e. The maximum atomic E-state index is 15.8. The molecule has 2 aromatic rings. The summed E-state index contributed by atoms with van der Waals surface area (Å²) in [7, 11) is 0. The van der Waals surface area contributed by atoms with Crippen molar-refractivity contribution in [3.8, 4) is 0 Å².